The molecule has 0 aliphatic carbocycles. The Morgan fingerprint density at radius 3 is 2.44 bits per heavy atom. The molecule has 104 valence electrons. The van der Waals surface area contributed by atoms with Gasteiger partial charge < -0.3 is 10.1 Å². The van der Waals surface area contributed by atoms with Crippen LogP contribution in [0.15, 0.2) is 0 Å². The highest BCUT2D eigenvalue weighted by atomic mass is 32.1. The molecule has 0 radical (unpaired) electrons. The summed E-state index contributed by atoms with van der Waals surface area (Å²) < 4.78 is 5.64. The highest BCUT2D eigenvalue weighted by molar-refractivity contribution is 7.13. The van der Waals surface area contributed by atoms with E-state index in [0.29, 0.717) is 23.9 Å². The zero-order valence-electron chi connectivity index (χ0n) is 11.9. The smallest absolute Gasteiger partial charge is 0.294 e. The van der Waals surface area contributed by atoms with Crippen molar-refractivity contribution in [3.63, 3.8) is 0 Å². The SMILES string of the molecule is CNCc1nnc(OCCN(C(C)C)C(C)C)s1. The molecule has 0 fully saturated rings. The lowest BCUT2D eigenvalue weighted by Crippen LogP contribution is -2.39. The van der Waals surface area contributed by atoms with Gasteiger partial charge in [0.2, 0.25) is 0 Å². The van der Waals surface area contributed by atoms with Gasteiger partial charge in [-0.1, -0.05) is 11.3 Å². The van der Waals surface area contributed by atoms with Crippen LogP contribution < -0.4 is 10.1 Å². The molecule has 0 atom stereocenters. The number of nitrogens with one attached hydrogen (secondary N) is 1. The summed E-state index contributed by atoms with van der Waals surface area (Å²) in [4.78, 5) is 2.40. The summed E-state index contributed by atoms with van der Waals surface area (Å²) >= 11 is 1.50. The molecule has 0 spiro atoms. The molecule has 6 heteroatoms. The van der Waals surface area contributed by atoms with Crippen LogP contribution in [0.4, 0.5) is 0 Å². The molecular weight excluding hydrogens is 248 g/mol. The van der Waals surface area contributed by atoms with E-state index in [0.717, 1.165) is 18.1 Å². The number of hydrogen-bond donors (Lipinski definition) is 1. The van der Waals surface area contributed by atoms with Crippen molar-refractivity contribution in [1.29, 1.82) is 0 Å². The van der Waals surface area contributed by atoms with Crippen LogP contribution in [0.1, 0.15) is 32.7 Å². The first-order valence-corrected chi connectivity index (χ1v) is 7.21. The van der Waals surface area contributed by atoms with Crippen LogP contribution in [-0.4, -0.2) is 47.4 Å². The van der Waals surface area contributed by atoms with E-state index in [1.807, 2.05) is 7.05 Å². The zero-order valence-corrected chi connectivity index (χ0v) is 12.8. The minimum atomic E-state index is 0.530. The second kappa shape index (κ2) is 7.66. The third kappa shape index (κ3) is 4.88. The van der Waals surface area contributed by atoms with Gasteiger partial charge in [0.25, 0.3) is 5.19 Å². The summed E-state index contributed by atoms with van der Waals surface area (Å²) in [5.41, 5.74) is 0. The van der Waals surface area contributed by atoms with Crippen molar-refractivity contribution in [3.8, 4) is 5.19 Å². The van der Waals surface area contributed by atoms with Gasteiger partial charge in [0.15, 0.2) is 0 Å². The van der Waals surface area contributed by atoms with Crippen molar-refractivity contribution in [3.05, 3.63) is 5.01 Å². The summed E-state index contributed by atoms with van der Waals surface area (Å²) in [6.07, 6.45) is 0. The molecule has 5 nitrogen and oxygen atoms in total. The van der Waals surface area contributed by atoms with Crippen molar-refractivity contribution >= 4 is 11.3 Å². The van der Waals surface area contributed by atoms with Gasteiger partial charge in [0.05, 0.1) is 0 Å². The van der Waals surface area contributed by atoms with E-state index in [1.165, 1.54) is 11.3 Å². The Hall–Kier alpha value is -0.720. The van der Waals surface area contributed by atoms with Crippen molar-refractivity contribution in [1.82, 2.24) is 20.4 Å². The van der Waals surface area contributed by atoms with Crippen molar-refractivity contribution in [2.45, 2.75) is 46.3 Å². The number of nitrogens with zero attached hydrogens (tertiary/aromatic N) is 3. The molecule has 1 rings (SSSR count). The average Bonchev–Trinajstić information content (AvgIpc) is 2.71. The van der Waals surface area contributed by atoms with E-state index in [2.05, 4.69) is 48.1 Å². The van der Waals surface area contributed by atoms with Crippen LogP contribution in [0.5, 0.6) is 5.19 Å². The third-order valence-corrected chi connectivity index (χ3v) is 3.51. The Balaban J connectivity index is 2.35. The fraction of sp³-hybridized carbons (Fsp3) is 0.833. The maximum atomic E-state index is 5.64. The normalized spacial score (nSPS) is 11.8. The molecule has 0 saturated carbocycles. The summed E-state index contributed by atoms with van der Waals surface area (Å²) in [6.45, 7) is 11.1. The van der Waals surface area contributed by atoms with Gasteiger partial charge in [0, 0.05) is 25.2 Å². The molecule has 0 bridgehead atoms. The average molecular weight is 272 g/mol. The fourth-order valence-corrected chi connectivity index (χ4v) is 2.59. The number of hydrogen-bond acceptors (Lipinski definition) is 6. The predicted molar refractivity (Wildman–Crippen MR) is 75.1 cm³/mol. The first-order valence-electron chi connectivity index (χ1n) is 6.40. The second-order valence-corrected chi connectivity index (χ2v) is 5.79. The summed E-state index contributed by atoms with van der Waals surface area (Å²) in [5.74, 6) is 0. The molecule has 0 unspecified atom stereocenters. The van der Waals surface area contributed by atoms with Crippen LogP contribution in [0.25, 0.3) is 0 Å². The summed E-state index contributed by atoms with van der Waals surface area (Å²) in [6, 6.07) is 1.06. The van der Waals surface area contributed by atoms with Gasteiger partial charge >= 0.3 is 0 Å². The third-order valence-electron chi connectivity index (χ3n) is 2.68. The van der Waals surface area contributed by atoms with Gasteiger partial charge in [-0.2, -0.15) is 0 Å². The molecular formula is C12H24N4OS. The molecule has 0 aliphatic rings. The highest BCUT2D eigenvalue weighted by Gasteiger charge is 2.13. The molecule has 0 amide bonds. The maximum Gasteiger partial charge on any atom is 0.294 e. The van der Waals surface area contributed by atoms with Crippen LogP contribution in [0, 0.1) is 0 Å². The molecule has 1 aromatic rings. The second-order valence-electron chi connectivity index (χ2n) is 4.77. The van der Waals surface area contributed by atoms with Gasteiger partial charge in [-0.3, -0.25) is 4.90 Å². The molecule has 0 aliphatic heterocycles. The van der Waals surface area contributed by atoms with E-state index in [-0.39, 0.29) is 0 Å². The molecule has 0 saturated heterocycles. The van der Waals surface area contributed by atoms with E-state index in [1.54, 1.807) is 0 Å². The van der Waals surface area contributed by atoms with E-state index in [4.69, 9.17) is 4.74 Å². The molecule has 0 aromatic carbocycles. The van der Waals surface area contributed by atoms with Gasteiger partial charge in [-0.05, 0) is 34.7 Å². The lowest BCUT2D eigenvalue weighted by atomic mass is 10.2. The first-order chi connectivity index (χ1) is 8.54. The van der Waals surface area contributed by atoms with Crippen LogP contribution in [-0.2, 0) is 6.54 Å². The Bertz CT molecular complexity index is 333. The van der Waals surface area contributed by atoms with Gasteiger partial charge in [-0.25, -0.2) is 0 Å². The van der Waals surface area contributed by atoms with Gasteiger partial charge in [-0.15, -0.1) is 10.2 Å². The van der Waals surface area contributed by atoms with Crippen molar-refractivity contribution < 1.29 is 4.74 Å². The zero-order chi connectivity index (χ0) is 13.5. The number of rotatable bonds is 8. The Labute approximate surface area is 114 Å². The van der Waals surface area contributed by atoms with E-state index >= 15 is 0 Å². The van der Waals surface area contributed by atoms with E-state index < -0.39 is 0 Å². The molecule has 1 aromatic heterocycles. The Morgan fingerprint density at radius 1 is 1.22 bits per heavy atom. The standard InChI is InChI=1S/C12H24N4OS/c1-9(2)16(10(3)4)6-7-17-12-15-14-11(18-12)8-13-5/h9-10,13H,6-8H2,1-5H3. The van der Waals surface area contributed by atoms with Crippen LogP contribution in [0.2, 0.25) is 0 Å². The molecule has 1 heterocycles. The summed E-state index contributed by atoms with van der Waals surface area (Å²) in [5, 5.41) is 12.7. The predicted octanol–water partition coefficient (Wildman–Crippen LogP) is 1.76. The minimum Gasteiger partial charge on any atom is -0.468 e. The molecule has 1 N–H and O–H groups in total. The summed E-state index contributed by atoms with van der Waals surface area (Å²) in [7, 11) is 1.89. The first kappa shape index (κ1) is 15.3. The number of ether oxygens (including phenoxy) is 1. The molecule has 18 heavy (non-hydrogen) atoms. The quantitative estimate of drug-likeness (QED) is 0.781. The Kier molecular flexibility index (Phi) is 6.52. The monoisotopic (exact) mass is 272 g/mol. The highest BCUT2D eigenvalue weighted by Crippen LogP contribution is 2.17. The topological polar surface area (TPSA) is 50.3 Å². The van der Waals surface area contributed by atoms with Gasteiger partial charge in [0.1, 0.15) is 11.6 Å². The van der Waals surface area contributed by atoms with Crippen molar-refractivity contribution in [2.24, 2.45) is 0 Å². The lowest BCUT2D eigenvalue weighted by molar-refractivity contribution is 0.141. The lowest BCUT2D eigenvalue weighted by Gasteiger charge is -2.29. The fourth-order valence-electron chi connectivity index (χ4n) is 1.87. The Morgan fingerprint density at radius 2 is 1.89 bits per heavy atom. The largest absolute Gasteiger partial charge is 0.468 e. The van der Waals surface area contributed by atoms with Crippen molar-refractivity contribution in [2.75, 3.05) is 20.2 Å². The van der Waals surface area contributed by atoms with E-state index in [9.17, 15) is 0 Å². The van der Waals surface area contributed by atoms with Crippen LogP contribution in [0.3, 0.4) is 0 Å². The van der Waals surface area contributed by atoms with Crippen LogP contribution >= 0.6 is 11.3 Å². The maximum absolute atomic E-state index is 5.64. The minimum absolute atomic E-state index is 0.530. The number of aromatic nitrogens is 2.